The van der Waals surface area contributed by atoms with E-state index in [0.717, 1.165) is 20.8 Å². The second kappa shape index (κ2) is 11.4. The lowest BCUT2D eigenvalue weighted by atomic mass is 9.98. The number of Topliss-reactive ketones (excluding diaryl/α,β-unsaturated/α-hetero) is 1. The third kappa shape index (κ3) is 7.56. The molecule has 1 fully saturated rings. The fourth-order valence-corrected chi connectivity index (χ4v) is 3.19. The second-order valence-corrected chi connectivity index (χ2v) is 7.27. The Bertz CT molecular complexity index is 892. The van der Waals surface area contributed by atoms with Crippen molar-refractivity contribution in [2.24, 2.45) is 0 Å². The van der Waals surface area contributed by atoms with Gasteiger partial charge in [0.1, 0.15) is 18.5 Å². The van der Waals surface area contributed by atoms with Gasteiger partial charge >= 0.3 is 23.9 Å². The number of benzene rings is 1. The van der Waals surface area contributed by atoms with Gasteiger partial charge in [0.2, 0.25) is 12.4 Å². The Kier molecular flexibility index (Phi) is 8.92. The van der Waals surface area contributed by atoms with Crippen molar-refractivity contribution < 1.29 is 52.4 Å². The Morgan fingerprint density at radius 3 is 1.73 bits per heavy atom. The van der Waals surface area contributed by atoms with Gasteiger partial charge in [-0.15, -0.1) is 0 Å². The van der Waals surface area contributed by atoms with Crippen molar-refractivity contribution in [3.63, 3.8) is 0 Å². The Hall–Kier alpha value is -3.47. The molecule has 0 spiro atoms. The van der Waals surface area contributed by atoms with Crippen molar-refractivity contribution in [2.75, 3.05) is 6.61 Å². The molecule has 1 aromatic rings. The van der Waals surface area contributed by atoms with Crippen molar-refractivity contribution in [1.82, 2.24) is 0 Å². The molecule has 0 unspecified atom stereocenters. The van der Waals surface area contributed by atoms with Gasteiger partial charge in [0.25, 0.3) is 0 Å². The molecule has 0 aromatic heterocycles. The maximum atomic E-state index is 11.8. The number of rotatable bonds is 8. The fraction of sp³-hybridized carbons (Fsp3) is 0.500. The minimum absolute atomic E-state index is 0.145. The SMILES string of the molecule is CC(=O)OC[C@@H]1O[C@@H](Oc2ccc(C(C)=O)cc2)[C@@H](OC(C)=O)[C@H](OC(C)=O)[C@@H]1OC(C)=O. The van der Waals surface area contributed by atoms with Crippen molar-refractivity contribution in [2.45, 2.75) is 65.3 Å². The minimum atomic E-state index is -1.34. The molecule has 1 saturated heterocycles. The number of esters is 4. The van der Waals surface area contributed by atoms with Crippen LogP contribution in [-0.4, -0.2) is 67.0 Å². The van der Waals surface area contributed by atoms with E-state index in [2.05, 4.69) is 0 Å². The number of ether oxygens (including phenoxy) is 6. The van der Waals surface area contributed by atoms with Crippen LogP contribution in [0.1, 0.15) is 45.0 Å². The number of carbonyl (C=O) groups is 5. The molecular formula is C22H26O11. The highest BCUT2D eigenvalue weighted by Gasteiger charge is 2.53. The van der Waals surface area contributed by atoms with Gasteiger partial charge in [0.15, 0.2) is 18.0 Å². The summed E-state index contributed by atoms with van der Waals surface area (Å²) in [7, 11) is 0. The average molecular weight is 466 g/mol. The fourth-order valence-electron chi connectivity index (χ4n) is 3.19. The van der Waals surface area contributed by atoms with Crippen LogP contribution in [-0.2, 0) is 42.9 Å². The van der Waals surface area contributed by atoms with Gasteiger partial charge in [-0.05, 0) is 31.2 Å². The average Bonchev–Trinajstić information content (AvgIpc) is 2.70. The van der Waals surface area contributed by atoms with E-state index in [1.165, 1.54) is 38.1 Å². The summed E-state index contributed by atoms with van der Waals surface area (Å²) >= 11 is 0. The topological polar surface area (TPSA) is 141 Å². The summed E-state index contributed by atoms with van der Waals surface area (Å²) < 4.78 is 32.6. The Labute approximate surface area is 190 Å². The molecule has 0 aliphatic carbocycles. The quantitative estimate of drug-likeness (QED) is 0.311. The number of ketones is 1. The van der Waals surface area contributed by atoms with E-state index in [-0.39, 0.29) is 18.1 Å². The smallest absolute Gasteiger partial charge is 0.303 e. The Morgan fingerprint density at radius 1 is 0.727 bits per heavy atom. The van der Waals surface area contributed by atoms with Gasteiger partial charge in [0.05, 0.1) is 0 Å². The third-order valence-electron chi connectivity index (χ3n) is 4.46. The van der Waals surface area contributed by atoms with Crippen molar-refractivity contribution >= 4 is 29.7 Å². The van der Waals surface area contributed by atoms with Crippen molar-refractivity contribution in [1.29, 1.82) is 0 Å². The molecule has 1 aromatic carbocycles. The lowest BCUT2D eigenvalue weighted by Gasteiger charge is -2.43. The molecule has 1 aliphatic heterocycles. The van der Waals surface area contributed by atoms with Crippen molar-refractivity contribution in [3.8, 4) is 5.75 Å². The summed E-state index contributed by atoms with van der Waals surface area (Å²) in [4.78, 5) is 58.2. The summed E-state index contributed by atoms with van der Waals surface area (Å²) in [6, 6.07) is 6.07. The lowest BCUT2D eigenvalue weighted by molar-refractivity contribution is -0.288. The number of hydrogen-bond donors (Lipinski definition) is 0. The summed E-state index contributed by atoms with van der Waals surface area (Å²) in [5.41, 5.74) is 0.448. The molecular weight excluding hydrogens is 440 g/mol. The van der Waals surface area contributed by atoms with Crippen LogP contribution in [0.4, 0.5) is 0 Å². The van der Waals surface area contributed by atoms with E-state index < -0.39 is 54.6 Å². The molecule has 0 bridgehead atoms. The molecule has 33 heavy (non-hydrogen) atoms. The van der Waals surface area contributed by atoms with E-state index in [9.17, 15) is 24.0 Å². The molecule has 0 amide bonds. The zero-order chi connectivity index (χ0) is 24.7. The highest BCUT2D eigenvalue weighted by molar-refractivity contribution is 5.94. The Morgan fingerprint density at radius 2 is 1.24 bits per heavy atom. The zero-order valence-corrected chi connectivity index (χ0v) is 18.9. The maximum absolute atomic E-state index is 11.8. The van der Waals surface area contributed by atoms with Gasteiger partial charge < -0.3 is 28.4 Å². The van der Waals surface area contributed by atoms with Crippen molar-refractivity contribution in [3.05, 3.63) is 29.8 Å². The third-order valence-corrected chi connectivity index (χ3v) is 4.46. The van der Waals surface area contributed by atoms with Crippen LogP contribution in [0.25, 0.3) is 0 Å². The van der Waals surface area contributed by atoms with Crippen LogP contribution in [0, 0.1) is 0 Å². The molecule has 1 aliphatic rings. The van der Waals surface area contributed by atoms with Gasteiger partial charge in [-0.1, -0.05) is 0 Å². The highest BCUT2D eigenvalue weighted by Crippen LogP contribution is 2.31. The van der Waals surface area contributed by atoms with Gasteiger partial charge in [-0.3, -0.25) is 24.0 Å². The summed E-state index contributed by atoms with van der Waals surface area (Å²) in [5, 5.41) is 0. The molecule has 0 radical (unpaired) electrons. The molecule has 11 nitrogen and oxygen atoms in total. The first-order valence-electron chi connectivity index (χ1n) is 10.1. The van der Waals surface area contributed by atoms with Crippen LogP contribution in [0.5, 0.6) is 5.75 Å². The maximum Gasteiger partial charge on any atom is 0.303 e. The van der Waals surface area contributed by atoms with E-state index in [0.29, 0.717) is 5.56 Å². The van der Waals surface area contributed by atoms with Crippen LogP contribution >= 0.6 is 0 Å². The standard InChI is InChI=1S/C22H26O11/c1-11(23)16-6-8-17(9-7-16)32-22-21(31-15(5)27)20(30-14(4)26)19(29-13(3)25)18(33-22)10-28-12(2)24/h6-9,18-22H,10H2,1-5H3/t18-,19+,20+,21-,22+/m0/s1. The summed E-state index contributed by atoms with van der Waals surface area (Å²) in [5.74, 6) is -2.72. The van der Waals surface area contributed by atoms with Gasteiger partial charge in [-0.25, -0.2) is 0 Å². The van der Waals surface area contributed by atoms with Crippen LogP contribution in [0.3, 0.4) is 0 Å². The van der Waals surface area contributed by atoms with E-state index in [1.54, 1.807) is 0 Å². The van der Waals surface area contributed by atoms with E-state index in [1.807, 2.05) is 0 Å². The predicted molar refractivity (Wildman–Crippen MR) is 109 cm³/mol. The molecule has 180 valence electrons. The minimum Gasteiger partial charge on any atom is -0.463 e. The summed E-state index contributed by atoms with van der Waals surface area (Å²) in [6.07, 6.45) is -6.39. The molecule has 0 N–H and O–H groups in total. The molecule has 2 rings (SSSR count). The monoisotopic (exact) mass is 466 g/mol. The zero-order valence-electron chi connectivity index (χ0n) is 18.9. The normalized spacial score (nSPS) is 24.2. The Balaban J connectivity index is 2.43. The molecule has 0 saturated carbocycles. The molecule has 5 atom stereocenters. The molecule has 11 heteroatoms. The van der Waals surface area contributed by atoms with Crippen LogP contribution < -0.4 is 4.74 Å². The van der Waals surface area contributed by atoms with Gasteiger partial charge in [-0.2, -0.15) is 0 Å². The largest absolute Gasteiger partial charge is 0.463 e. The lowest BCUT2D eigenvalue weighted by Crippen LogP contribution is -2.63. The predicted octanol–water partition coefficient (Wildman–Crippen LogP) is 1.35. The first kappa shape index (κ1) is 25.8. The molecule has 1 heterocycles. The van der Waals surface area contributed by atoms with Crippen LogP contribution in [0.15, 0.2) is 24.3 Å². The number of hydrogen-bond acceptors (Lipinski definition) is 11. The van der Waals surface area contributed by atoms with Crippen LogP contribution in [0.2, 0.25) is 0 Å². The number of carbonyl (C=O) groups excluding carboxylic acids is 5. The van der Waals surface area contributed by atoms with E-state index in [4.69, 9.17) is 28.4 Å². The second-order valence-electron chi connectivity index (χ2n) is 7.27. The highest BCUT2D eigenvalue weighted by atomic mass is 16.7. The summed E-state index contributed by atoms with van der Waals surface area (Å²) in [6.45, 7) is 5.63. The first-order valence-corrected chi connectivity index (χ1v) is 10.1. The van der Waals surface area contributed by atoms with Gasteiger partial charge in [0, 0.05) is 33.3 Å². The first-order chi connectivity index (χ1) is 15.5. The van der Waals surface area contributed by atoms with E-state index >= 15 is 0 Å².